The van der Waals surface area contributed by atoms with Crippen LogP contribution in [0.3, 0.4) is 0 Å². The third-order valence-electron chi connectivity index (χ3n) is 4.12. The fourth-order valence-electron chi connectivity index (χ4n) is 2.92. The molecule has 28 heavy (non-hydrogen) atoms. The van der Waals surface area contributed by atoms with Gasteiger partial charge in [-0.2, -0.15) is 0 Å². The maximum absolute atomic E-state index is 12.8. The molecule has 1 heterocycles. The Morgan fingerprint density at radius 3 is 2.54 bits per heavy atom. The van der Waals surface area contributed by atoms with Gasteiger partial charge in [-0.3, -0.25) is 14.5 Å². The van der Waals surface area contributed by atoms with Gasteiger partial charge >= 0.3 is 0 Å². The Balaban J connectivity index is 2.16. The summed E-state index contributed by atoms with van der Waals surface area (Å²) in [4.78, 5) is 37.0. The Hall–Kier alpha value is -3.32. The first kappa shape index (κ1) is 19.4. The quantitative estimate of drug-likeness (QED) is 0.605. The van der Waals surface area contributed by atoms with Crippen LogP contribution in [0.4, 0.5) is 0 Å². The van der Waals surface area contributed by atoms with Gasteiger partial charge in [0.2, 0.25) is 0 Å². The number of carbonyl (C=O) groups is 3. The number of phenolic OH excluding ortho intramolecular Hbond substituents is 1. The van der Waals surface area contributed by atoms with Crippen LogP contribution in [-0.4, -0.2) is 40.9 Å². The van der Waals surface area contributed by atoms with Gasteiger partial charge in [0.05, 0.1) is 24.1 Å². The molecule has 0 spiro atoms. The number of carbonyl (C=O) groups excluding carboxylic acids is 3. The minimum atomic E-state index is -1.55. The Bertz CT molecular complexity index is 1010. The van der Waals surface area contributed by atoms with Crippen molar-refractivity contribution in [3.05, 3.63) is 58.1 Å². The molecule has 0 bridgehead atoms. The van der Waals surface area contributed by atoms with E-state index in [4.69, 9.17) is 16.3 Å². The van der Waals surface area contributed by atoms with Gasteiger partial charge in [-0.15, -0.1) is 0 Å². The summed E-state index contributed by atoms with van der Waals surface area (Å²) in [5.41, 5.74) is 1.12. The predicted molar refractivity (Wildman–Crippen MR) is 99.6 cm³/mol. The monoisotopic (exact) mass is 400 g/mol. The SMILES string of the molecule is CCOc1cc(/C=C2\C(=O)N(CC(=O)[O-])C(=O)c3ccccc32)cc(Cl)c1O. The lowest BCUT2D eigenvalue weighted by atomic mass is 9.92. The van der Waals surface area contributed by atoms with Gasteiger partial charge in [-0.1, -0.05) is 29.8 Å². The van der Waals surface area contributed by atoms with Crippen LogP contribution < -0.4 is 9.84 Å². The van der Waals surface area contributed by atoms with Gasteiger partial charge in [-0.05, 0) is 42.3 Å². The second-order valence-electron chi connectivity index (χ2n) is 5.95. The van der Waals surface area contributed by atoms with Crippen LogP contribution in [0.5, 0.6) is 11.5 Å². The molecular formula is C20H15ClNO6-. The molecule has 8 heteroatoms. The molecule has 0 radical (unpaired) electrons. The summed E-state index contributed by atoms with van der Waals surface area (Å²) in [5, 5.41) is 21.0. The number of imide groups is 1. The maximum Gasteiger partial charge on any atom is 0.261 e. The van der Waals surface area contributed by atoms with Crippen LogP contribution in [0, 0.1) is 0 Å². The number of halogens is 1. The fourth-order valence-corrected chi connectivity index (χ4v) is 3.14. The fraction of sp³-hybridized carbons (Fsp3) is 0.150. The molecule has 1 aliphatic heterocycles. The van der Waals surface area contributed by atoms with Crippen molar-refractivity contribution >= 4 is 41.0 Å². The highest BCUT2D eigenvalue weighted by atomic mass is 35.5. The van der Waals surface area contributed by atoms with E-state index in [0.29, 0.717) is 22.6 Å². The summed E-state index contributed by atoms with van der Waals surface area (Å²) in [5.74, 6) is -3.11. The van der Waals surface area contributed by atoms with E-state index >= 15 is 0 Å². The van der Waals surface area contributed by atoms with Crippen molar-refractivity contribution in [3.8, 4) is 11.5 Å². The smallest absolute Gasteiger partial charge is 0.261 e. The molecule has 0 atom stereocenters. The summed E-state index contributed by atoms with van der Waals surface area (Å²) >= 11 is 6.04. The van der Waals surface area contributed by atoms with Gasteiger partial charge < -0.3 is 19.7 Å². The molecule has 0 saturated heterocycles. The number of phenols is 1. The molecule has 0 unspecified atom stereocenters. The van der Waals surface area contributed by atoms with E-state index in [1.54, 1.807) is 25.1 Å². The number of hydrogen-bond donors (Lipinski definition) is 1. The first-order valence-corrected chi connectivity index (χ1v) is 8.73. The molecule has 0 saturated carbocycles. The summed E-state index contributed by atoms with van der Waals surface area (Å²) < 4.78 is 5.34. The van der Waals surface area contributed by atoms with Gasteiger partial charge in [0, 0.05) is 11.1 Å². The standard InChI is InChI=1S/C20H16ClNO6/c1-2-28-16-9-11(8-15(21)18(16)25)7-14-12-5-3-4-6-13(12)19(26)22(20(14)27)10-17(23)24/h3-9,25H,2,10H2,1H3,(H,23,24)/p-1/b14-7-. The minimum Gasteiger partial charge on any atom is -0.548 e. The molecule has 2 aromatic rings. The normalized spacial score (nSPS) is 14.9. The Morgan fingerprint density at radius 1 is 1.21 bits per heavy atom. The van der Waals surface area contributed by atoms with Crippen LogP contribution in [0.15, 0.2) is 36.4 Å². The number of rotatable bonds is 5. The van der Waals surface area contributed by atoms with E-state index in [9.17, 15) is 24.6 Å². The van der Waals surface area contributed by atoms with Crippen LogP contribution in [0.25, 0.3) is 11.6 Å². The van der Waals surface area contributed by atoms with Crippen molar-refractivity contribution in [3.63, 3.8) is 0 Å². The summed E-state index contributed by atoms with van der Waals surface area (Å²) in [7, 11) is 0. The maximum atomic E-state index is 12.8. The van der Waals surface area contributed by atoms with E-state index in [1.165, 1.54) is 24.3 Å². The summed E-state index contributed by atoms with van der Waals surface area (Å²) in [6.07, 6.45) is 1.46. The summed E-state index contributed by atoms with van der Waals surface area (Å²) in [6.45, 7) is 1.17. The molecule has 2 amide bonds. The number of nitrogens with zero attached hydrogens (tertiary/aromatic N) is 1. The van der Waals surface area contributed by atoms with Crippen LogP contribution in [0.2, 0.25) is 5.02 Å². The highest BCUT2D eigenvalue weighted by Gasteiger charge is 2.34. The van der Waals surface area contributed by atoms with E-state index in [2.05, 4.69) is 0 Å². The van der Waals surface area contributed by atoms with Gasteiger partial charge in [0.15, 0.2) is 11.5 Å². The number of benzene rings is 2. The molecule has 1 aliphatic rings. The second kappa shape index (κ2) is 7.74. The summed E-state index contributed by atoms with van der Waals surface area (Å²) in [6, 6.07) is 9.31. The molecule has 0 aliphatic carbocycles. The molecule has 7 nitrogen and oxygen atoms in total. The molecule has 144 valence electrons. The number of hydrogen-bond acceptors (Lipinski definition) is 6. The van der Waals surface area contributed by atoms with E-state index in [0.717, 1.165) is 0 Å². The first-order valence-electron chi connectivity index (χ1n) is 8.36. The van der Waals surface area contributed by atoms with Crippen molar-refractivity contribution in [1.82, 2.24) is 4.90 Å². The molecular weight excluding hydrogens is 386 g/mol. The third-order valence-corrected chi connectivity index (χ3v) is 4.41. The zero-order chi connectivity index (χ0) is 20.4. The highest BCUT2D eigenvalue weighted by Crippen LogP contribution is 2.37. The van der Waals surface area contributed by atoms with Crippen LogP contribution in [-0.2, 0) is 9.59 Å². The average molecular weight is 401 g/mol. The van der Waals surface area contributed by atoms with Gasteiger partial charge in [0.1, 0.15) is 0 Å². The Kier molecular flexibility index (Phi) is 5.37. The number of carboxylic acid groups (broad SMARTS) is 1. The number of aliphatic carboxylic acids is 1. The van der Waals surface area contributed by atoms with Gasteiger partial charge in [0.25, 0.3) is 11.8 Å². The predicted octanol–water partition coefficient (Wildman–Crippen LogP) is 1.72. The lowest BCUT2D eigenvalue weighted by molar-refractivity contribution is -0.305. The first-order chi connectivity index (χ1) is 13.3. The zero-order valence-electron chi connectivity index (χ0n) is 14.8. The number of carboxylic acids is 1. The number of ether oxygens (including phenoxy) is 1. The molecule has 1 N–H and O–H groups in total. The van der Waals surface area contributed by atoms with Crippen LogP contribution >= 0.6 is 11.6 Å². The van der Waals surface area contributed by atoms with Crippen molar-refractivity contribution in [2.45, 2.75) is 6.92 Å². The number of amides is 2. The topological polar surface area (TPSA) is 107 Å². The third kappa shape index (κ3) is 3.57. The zero-order valence-corrected chi connectivity index (χ0v) is 15.5. The number of aromatic hydroxyl groups is 1. The molecule has 3 rings (SSSR count). The van der Waals surface area contributed by atoms with Crippen molar-refractivity contribution < 1.29 is 29.3 Å². The second-order valence-corrected chi connectivity index (χ2v) is 6.36. The lowest BCUT2D eigenvalue weighted by Gasteiger charge is -2.28. The Morgan fingerprint density at radius 2 is 1.89 bits per heavy atom. The van der Waals surface area contributed by atoms with Gasteiger partial charge in [-0.25, -0.2) is 0 Å². The minimum absolute atomic E-state index is 0.0250. The van der Waals surface area contributed by atoms with E-state index < -0.39 is 24.3 Å². The molecule has 0 fully saturated rings. The average Bonchev–Trinajstić information content (AvgIpc) is 2.66. The van der Waals surface area contributed by atoms with Crippen LogP contribution in [0.1, 0.15) is 28.4 Å². The molecule has 0 aromatic heterocycles. The Labute approximate surface area is 165 Å². The lowest BCUT2D eigenvalue weighted by Crippen LogP contribution is -2.47. The number of fused-ring (bicyclic) bond motifs is 1. The van der Waals surface area contributed by atoms with E-state index in [1.807, 2.05) is 0 Å². The largest absolute Gasteiger partial charge is 0.548 e. The highest BCUT2D eigenvalue weighted by molar-refractivity contribution is 6.35. The van der Waals surface area contributed by atoms with E-state index in [-0.39, 0.29) is 27.7 Å². The van der Waals surface area contributed by atoms with Crippen molar-refractivity contribution in [1.29, 1.82) is 0 Å². The van der Waals surface area contributed by atoms with Crippen molar-refractivity contribution in [2.24, 2.45) is 0 Å². The van der Waals surface area contributed by atoms with Crippen molar-refractivity contribution in [2.75, 3.05) is 13.2 Å². The molecule has 2 aromatic carbocycles.